The second kappa shape index (κ2) is 7.27. The van der Waals surface area contributed by atoms with Gasteiger partial charge in [-0.25, -0.2) is 0 Å². The average Bonchev–Trinajstić information content (AvgIpc) is 2.30. The Labute approximate surface area is 103 Å². The van der Waals surface area contributed by atoms with Crippen LogP contribution in [0.15, 0.2) is 24.3 Å². The molecule has 0 amide bonds. The summed E-state index contributed by atoms with van der Waals surface area (Å²) >= 11 is 0. The van der Waals surface area contributed by atoms with Crippen LogP contribution in [0.25, 0.3) is 0 Å². The molecule has 0 saturated heterocycles. The molecule has 1 aromatic rings. The zero-order valence-corrected chi connectivity index (χ0v) is 10.8. The van der Waals surface area contributed by atoms with Crippen LogP contribution in [0.5, 0.6) is 5.75 Å². The molecule has 0 aliphatic rings. The quantitative estimate of drug-likeness (QED) is 0.734. The van der Waals surface area contributed by atoms with E-state index in [4.69, 9.17) is 4.74 Å². The molecule has 0 aromatic heterocycles. The number of rotatable bonds is 7. The molecule has 4 heteroatoms. The van der Waals surface area contributed by atoms with E-state index in [1.54, 1.807) is 7.11 Å². The van der Waals surface area contributed by atoms with Crippen LogP contribution in [0.2, 0.25) is 0 Å². The van der Waals surface area contributed by atoms with Crippen LogP contribution in [-0.4, -0.2) is 50.4 Å². The Hall–Kier alpha value is -1.10. The van der Waals surface area contributed by atoms with Crippen molar-refractivity contribution in [2.24, 2.45) is 0 Å². The number of aliphatic hydroxyl groups is 1. The van der Waals surface area contributed by atoms with Gasteiger partial charge in [0, 0.05) is 19.6 Å². The number of methoxy groups -OCH3 is 1. The highest BCUT2D eigenvalue weighted by atomic mass is 16.5. The molecule has 0 fully saturated rings. The summed E-state index contributed by atoms with van der Waals surface area (Å²) in [7, 11) is 5.51. The van der Waals surface area contributed by atoms with Gasteiger partial charge in [-0.3, -0.25) is 4.90 Å². The van der Waals surface area contributed by atoms with Crippen molar-refractivity contribution < 1.29 is 9.84 Å². The summed E-state index contributed by atoms with van der Waals surface area (Å²) in [5.41, 5.74) is 1.21. The summed E-state index contributed by atoms with van der Waals surface area (Å²) in [5, 5.41) is 12.6. The van der Waals surface area contributed by atoms with Crippen LogP contribution in [0.4, 0.5) is 0 Å². The molecule has 1 aromatic carbocycles. The van der Waals surface area contributed by atoms with Gasteiger partial charge in [-0.15, -0.1) is 0 Å². The Bertz CT molecular complexity index is 314. The molecule has 0 bridgehead atoms. The Morgan fingerprint density at radius 3 is 2.53 bits per heavy atom. The summed E-state index contributed by atoms with van der Waals surface area (Å²) in [5.74, 6) is 0.867. The van der Waals surface area contributed by atoms with E-state index in [1.807, 2.05) is 38.4 Å². The summed E-state index contributed by atoms with van der Waals surface area (Å²) < 4.78 is 5.11. The topological polar surface area (TPSA) is 44.7 Å². The molecule has 0 saturated carbocycles. The van der Waals surface area contributed by atoms with E-state index >= 15 is 0 Å². The number of hydrogen-bond donors (Lipinski definition) is 2. The fourth-order valence-corrected chi connectivity index (χ4v) is 1.77. The lowest BCUT2D eigenvalue weighted by molar-refractivity contribution is 0.123. The van der Waals surface area contributed by atoms with Gasteiger partial charge >= 0.3 is 0 Å². The summed E-state index contributed by atoms with van der Waals surface area (Å²) in [6.07, 6.45) is -0.330. The molecule has 17 heavy (non-hydrogen) atoms. The molecule has 2 N–H and O–H groups in total. The van der Waals surface area contributed by atoms with E-state index in [1.165, 1.54) is 5.56 Å². The van der Waals surface area contributed by atoms with Gasteiger partial charge in [0.1, 0.15) is 5.75 Å². The van der Waals surface area contributed by atoms with Crippen LogP contribution in [0, 0.1) is 0 Å². The van der Waals surface area contributed by atoms with Crippen LogP contribution < -0.4 is 10.1 Å². The molecule has 1 atom stereocenters. The molecule has 1 unspecified atom stereocenters. The molecule has 96 valence electrons. The molecule has 4 nitrogen and oxygen atoms in total. The number of nitrogens with one attached hydrogen (secondary N) is 1. The number of ether oxygens (including phenoxy) is 1. The van der Waals surface area contributed by atoms with Crippen molar-refractivity contribution in [1.29, 1.82) is 0 Å². The van der Waals surface area contributed by atoms with Gasteiger partial charge in [-0.1, -0.05) is 12.1 Å². The van der Waals surface area contributed by atoms with Gasteiger partial charge < -0.3 is 15.2 Å². The van der Waals surface area contributed by atoms with Gasteiger partial charge in [0.05, 0.1) is 13.2 Å². The minimum absolute atomic E-state index is 0.330. The van der Waals surface area contributed by atoms with Crippen molar-refractivity contribution >= 4 is 0 Å². The van der Waals surface area contributed by atoms with E-state index < -0.39 is 0 Å². The summed E-state index contributed by atoms with van der Waals surface area (Å²) in [4.78, 5) is 2.10. The highest BCUT2D eigenvalue weighted by Crippen LogP contribution is 2.12. The smallest absolute Gasteiger partial charge is 0.118 e. The van der Waals surface area contributed by atoms with Crippen LogP contribution in [-0.2, 0) is 6.54 Å². The molecule has 0 spiro atoms. The van der Waals surface area contributed by atoms with Crippen LogP contribution in [0.3, 0.4) is 0 Å². The zero-order chi connectivity index (χ0) is 12.7. The molecule has 0 aliphatic heterocycles. The van der Waals surface area contributed by atoms with E-state index in [9.17, 15) is 5.11 Å². The minimum Gasteiger partial charge on any atom is -0.497 e. The van der Waals surface area contributed by atoms with E-state index in [2.05, 4.69) is 10.2 Å². The third-order valence-electron chi connectivity index (χ3n) is 2.57. The van der Waals surface area contributed by atoms with E-state index in [0.717, 1.165) is 12.3 Å². The molecule has 0 radical (unpaired) electrons. The lowest BCUT2D eigenvalue weighted by Gasteiger charge is -2.20. The monoisotopic (exact) mass is 238 g/mol. The number of aliphatic hydroxyl groups excluding tert-OH is 1. The molecular formula is C13H22N2O2. The average molecular weight is 238 g/mol. The maximum Gasteiger partial charge on any atom is 0.118 e. The number of likely N-dealkylation sites (N-methyl/N-ethyl adjacent to an activating group) is 2. The van der Waals surface area contributed by atoms with Crippen molar-refractivity contribution in [3.8, 4) is 5.75 Å². The maximum atomic E-state index is 9.66. The van der Waals surface area contributed by atoms with Crippen LogP contribution >= 0.6 is 0 Å². The van der Waals surface area contributed by atoms with Crippen molar-refractivity contribution in [3.63, 3.8) is 0 Å². The summed E-state index contributed by atoms with van der Waals surface area (Å²) in [6.45, 7) is 2.10. The maximum absolute atomic E-state index is 9.66. The minimum atomic E-state index is -0.330. The molecule has 0 aliphatic carbocycles. The zero-order valence-electron chi connectivity index (χ0n) is 10.8. The van der Waals surface area contributed by atoms with Gasteiger partial charge in [-0.2, -0.15) is 0 Å². The number of hydrogen-bond acceptors (Lipinski definition) is 4. The van der Waals surface area contributed by atoms with Gasteiger partial charge in [-0.05, 0) is 31.8 Å². The van der Waals surface area contributed by atoms with Gasteiger partial charge in [0.2, 0.25) is 0 Å². The Kier molecular flexibility index (Phi) is 5.97. The number of benzene rings is 1. The second-order valence-electron chi connectivity index (χ2n) is 4.26. The van der Waals surface area contributed by atoms with E-state index in [0.29, 0.717) is 13.1 Å². The SMILES string of the molecule is CNCC(O)CN(C)Cc1ccc(OC)cc1. The van der Waals surface area contributed by atoms with Crippen molar-refractivity contribution in [2.75, 3.05) is 34.3 Å². The molecule has 1 rings (SSSR count). The third-order valence-corrected chi connectivity index (χ3v) is 2.57. The fourth-order valence-electron chi connectivity index (χ4n) is 1.77. The first-order chi connectivity index (χ1) is 8.15. The van der Waals surface area contributed by atoms with Gasteiger partial charge in [0.15, 0.2) is 0 Å². The first kappa shape index (κ1) is 14.0. The number of nitrogens with zero attached hydrogens (tertiary/aromatic N) is 1. The van der Waals surface area contributed by atoms with Crippen molar-refractivity contribution in [3.05, 3.63) is 29.8 Å². The lowest BCUT2D eigenvalue weighted by Crippen LogP contribution is -2.35. The standard InChI is InChI=1S/C13H22N2O2/c1-14-8-12(16)10-15(2)9-11-4-6-13(17-3)7-5-11/h4-7,12,14,16H,8-10H2,1-3H3. The first-order valence-electron chi connectivity index (χ1n) is 5.80. The Balaban J connectivity index is 2.41. The highest BCUT2D eigenvalue weighted by molar-refractivity contribution is 5.27. The lowest BCUT2D eigenvalue weighted by atomic mass is 10.2. The van der Waals surface area contributed by atoms with Crippen LogP contribution in [0.1, 0.15) is 5.56 Å². The highest BCUT2D eigenvalue weighted by Gasteiger charge is 2.07. The first-order valence-corrected chi connectivity index (χ1v) is 5.80. The normalized spacial score (nSPS) is 12.8. The summed E-state index contributed by atoms with van der Waals surface area (Å²) in [6, 6.07) is 7.99. The Morgan fingerprint density at radius 1 is 1.35 bits per heavy atom. The van der Waals surface area contributed by atoms with Gasteiger partial charge in [0.25, 0.3) is 0 Å². The molecular weight excluding hydrogens is 216 g/mol. The van der Waals surface area contributed by atoms with Crippen molar-refractivity contribution in [1.82, 2.24) is 10.2 Å². The predicted molar refractivity (Wildman–Crippen MR) is 69.3 cm³/mol. The third kappa shape index (κ3) is 5.17. The molecule has 0 heterocycles. The largest absolute Gasteiger partial charge is 0.497 e. The fraction of sp³-hybridized carbons (Fsp3) is 0.538. The predicted octanol–water partition coefficient (Wildman–Crippen LogP) is 0.707. The Morgan fingerprint density at radius 2 is 2.00 bits per heavy atom. The van der Waals surface area contributed by atoms with E-state index in [-0.39, 0.29) is 6.10 Å². The van der Waals surface area contributed by atoms with Crippen molar-refractivity contribution in [2.45, 2.75) is 12.6 Å². The second-order valence-corrected chi connectivity index (χ2v) is 4.26.